The fraction of sp³-hybridized carbons (Fsp3) is 0.211. The maximum atomic E-state index is 12.2. The lowest BCUT2D eigenvalue weighted by Gasteiger charge is -2.09. The molecule has 2 amide bonds. The number of methoxy groups -OCH3 is 2. The molecular formula is C19H20N4O6. The van der Waals surface area contributed by atoms with Crippen molar-refractivity contribution in [2.45, 2.75) is 6.92 Å². The molecule has 0 radical (unpaired) electrons. The molecule has 2 N–H and O–H groups in total. The largest absolute Gasteiger partial charge is 0.493 e. The molecule has 0 heterocycles. The van der Waals surface area contributed by atoms with Crippen molar-refractivity contribution in [3.63, 3.8) is 0 Å². The van der Waals surface area contributed by atoms with E-state index in [1.807, 2.05) is 0 Å². The van der Waals surface area contributed by atoms with Crippen molar-refractivity contribution in [2.24, 2.45) is 5.10 Å². The molecule has 0 bridgehead atoms. The van der Waals surface area contributed by atoms with Crippen LogP contribution in [0.2, 0.25) is 0 Å². The van der Waals surface area contributed by atoms with Gasteiger partial charge in [-0.1, -0.05) is 12.1 Å². The number of carbonyl (C=O) groups excluding carboxylic acids is 2. The van der Waals surface area contributed by atoms with Crippen molar-refractivity contribution in [3.8, 4) is 11.5 Å². The third-order valence-electron chi connectivity index (χ3n) is 3.98. The Balaban J connectivity index is 1.96. The summed E-state index contributed by atoms with van der Waals surface area (Å²) < 4.78 is 10.4. The minimum Gasteiger partial charge on any atom is -0.493 e. The molecule has 0 spiro atoms. The molecule has 0 fully saturated rings. The Bertz CT molecular complexity index is 958. The second-order valence-corrected chi connectivity index (χ2v) is 5.77. The van der Waals surface area contributed by atoms with Crippen LogP contribution in [0.3, 0.4) is 0 Å². The van der Waals surface area contributed by atoms with Crippen LogP contribution in [-0.2, 0) is 4.79 Å². The highest BCUT2D eigenvalue weighted by molar-refractivity contribution is 5.98. The van der Waals surface area contributed by atoms with Gasteiger partial charge in [0.15, 0.2) is 11.5 Å². The van der Waals surface area contributed by atoms with E-state index < -0.39 is 16.7 Å². The average molecular weight is 400 g/mol. The monoisotopic (exact) mass is 400 g/mol. The molecule has 0 aliphatic heterocycles. The summed E-state index contributed by atoms with van der Waals surface area (Å²) in [4.78, 5) is 34.5. The van der Waals surface area contributed by atoms with Crippen LogP contribution >= 0.6 is 0 Å². The van der Waals surface area contributed by atoms with Gasteiger partial charge in [-0.05, 0) is 25.1 Å². The first-order valence-corrected chi connectivity index (χ1v) is 8.44. The normalized spacial score (nSPS) is 10.4. The van der Waals surface area contributed by atoms with Crippen LogP contribution in [-0.4, -0.2) is 43.7 Å². The Morgan fingerprint density at radius 3 is 2.55 bits per heavy atom. The Morgan fingerprint density at radius 2 is 1.90 bits per heavy atom. The third kappa shape index (κ3) is 5.28. The molecule has 10 heteroatoms. The summed E-state index contributed by atoms with van der Waals surface area (Å²) >= 11 is 0. The van der Waals surface area contributed by atoms with Gasteiger partial charge in [0.2, 0.25) is 0 Å². The second kappa shape index (κ2) is 9.83. The molecule has 0 unspecified atom stereocenters. The average Bonchev–Trinajstić information content (AvgIpc) is 2.71. The molecule has 29 heavy (non-hydrogen) atoms. The number of nitrogens with zero attached hydrogens (tertiary/aromatic N) is 2. The first-order valence-electron chi connectivity index (χ1n) is 8.44. The first-order chi connectivity index (χ1) is 13.9. The highest BCUT2D eigenvalue weighted by atomic mass is 16.6. The minimum absolute atomic E-state index is 0.122. The number of carbonyl (C=O) groups is 2. The van der Waals surface area contributed by atoms with E-state index in [1.165, 1.54) is 45.6 Å². The predicted molar refractivity (Wildman–Crippen MR) is 105 cm³/mol. The van der Waals surface area contributed by atoms with Crippen molar-refractivity contribution < 1.29 is 24.0 Å². The van der Waals surface area contributed by atoms with Crippen molar-refractivity contribution in [1.29, 1.82) is 0 Å². The quantitative estimate of drug-likeness (QED) is 0.394. The van der Waals surface area contributed by atoms with Crippen LogP contribution < -0.4 is 20.2 Å². The van der Waals surface area contributed by atoms with E-state index in [0.29, 0.717) is 17.1 Å². The molecule has 2 aromatic carbocycles. The molecule has 0 saturated carbocycles. The Morgan fingerprint density at radius 1 is 1.17 bits per heavy atom. The first kappa shape index (κ1) is 21.4. The molecule has 10 nitrogen and oxygen atoms in total. The van der Waals surface area contributed by atoms with Gasteiger partial charge in [0.1, 0.15) is 0 Å². The van der Waals surface area contributed by atoms with Gasteiger partial charge in [0.05, 0.1) is 31.9 Å². The van der Waals surface area contributed by atoms with Gasteiger partial charge in [0.25, 0.3) is 17.5 Å². The van der Waals surface area contributed by atoms with E-state index >= 15 is 0 Å². The second-order valence-electron chi connectivity index (χ2n) is 5.77. The van der Waals surface area contributed by atoms with E-state index in [-0.39, 0.29) is 23.4 Å². The molecular weight excluding hydrogens is 380 g/mol. The number of hydrogen-bond donors (Lipinski definition) is 2. The number of para-hydroxylation sites is 1. The Labute approximate surface area is 166 Å². The van der Waals surface area contributed by atoms with Crippen molar-refractivity contribution in [1.82, 2.24) is 10.7 Å². The van der Waals surface area contributed by atoms with Crippen LogP contribution in [0.25, 0.3) is 0 Å². The summed E-state index contributed by atoms with van der Waals surface area (Å²) in [6, 6.07) is 9.35. The molecule has 0 aliphatic carbocycles. The zero-order valence-electron chi connectivity index (χ0n) is 16.1. The molecule has 2 rings (SSSR count). The van der Waals surface area contributed by atoms with Crippen LogP contribution in [0, 0.1) is 17.0 Å². The number of benzene rings is 2. The maximum absolute atomic E-state index is 12.2. The highest BCUT2D eigenvalue weighted by Gasteiger charge is 2.18. The number of rotatable bonds is 8. The van der Waals surface area contributed by atoms with Crippen molar-refractivity contribution in [2.75, 3.05) is 20.8 Å². The number of nitro benzene ring substituents is 1. The van der Waals surface area contributed by atoms with Gasteiger partial charge in [-0.3, -0.25) is 19.7 Å². The van der Waals surface area contributed by atoms with Crippen molar-refractivity contribution >= 4 is 23.7 Å². The fourth-order valence-corrected chi connectivity index (χ4v) is 2.55. The van der Waals surface area contributed by atoms with Crippen LogP contribution in [0.4, 0.5) is 5.69 Å². The van der Waals surface area contributed by atoms with E-state index in [9.17, 15) is 19.7 Å². The minimum atomic E-state index is -0.597. The molecule has 0 aliphatic rings. The maximum Gasteiger partial charge on any atom is 0.273 e. The van der Waals surface area contributed by atoms with Gasteiger partial charge in [-0.25, -0.2) is 5.43 Å². The topological polar surface area (TPSA) is 132 Å². The van der Waals surface area contributed by atoms with Gasteiger partial charge >= 0.3 is 0 Å². The smallest absolute Gasteiger partial charge is 0.273 e. The predicted octanol–water partition coefficient (Wildman–Crippen LogP) is 1.80. The lowest BCUT2D eigenvalue weighted by atomic mass is 10.1. The molecule has 0 atom stereocenters. The number of hydrazone groups is 1. The molecule has 0 saturated heterocycles. The number of nitro groups is 1. The summed E-state index contributed by atoms with van der Waals surface area (Å²) in [7, 11) is 2.99. The Kier molecular flexibility index (Phi) is 7.24. The van der Waals surface area contributed by atoms with E-state index in [2.05, 4.69) is 15.8 Å². The van der Waals surface area contributed by atoms with Gasteiger partial charge in [-0.15, -0.1) is 0 Å². The zero-order chi connectivity index (χ0) is 21.4. The molecule has 0 aromatic heterocycles. The van der Waals surface area contributed by atoms with Crippen molar-refractivity contribution in [3.05, 3.63) is 63.2 Å². The number of nitrogens with one attached hydrogen (secondary N) is 2. The van der Waals surface area contributed by atoms with E-state index in [1.54, 1.807) is 18.2 Å². The van der Waals surface area contributed by atoms with E-state index in [0.717, 1.165) is 0 Å². The summed E-state index contributed by atoms with van der Waals surface area (Å²) in [6.07, 6.45) is 1.38. The summed E-state index contributed by atoms with van der Waals surface area (Å²) in [5.41, 5.74) is 3.04. The van der Waals surface area contributed by atoms with Gasteiger partial charge in [0, 0.05) is 22.8 Å². The van der Waals surface area contributed by atoms with Crippen LogP contribution in [0.1, 0.15) is 21.5 Å². The number of hydrogen-bond acceptors (Lipinski definition) is 7. The number of ether oxygens (including phenoxy) is 2. The standard InChI is InChI=1S/C19H20N4O6/c1-12-14(7-5-8-15(12)23(26)27)19(25)20-11-17(24)22-21-10-13-6-4-9-16(28-2)18(13)29-3/h4-10H,11H2,1-3H3,(H,20,25)(H,22,24)/b21-10+. The number of amides is 2. The van der Waals surface area contributed by atoms with E-state index in [4.69, 9.17) is 9.47 Å². The highest BCUT2D eigenvalue weighted by Crippen LogP contribution is 2.29. The van der Waals surface area contributed by atoms with Crippen LogP contribution in [0.15, 0.2) is 41.5 Å². The molecule has 2 aromatic rings. The molecule has 152 valence electrons. The van der Waals surface area contributed by atoms with Gasteiger partial charge < -0.3 is 14.8 Å². The Hall–Kier alpha value is -3.95. The SMILES string of the molecule is COc1cccc(/C=N/NC(=O)CNC(=O)c2cccc([N+](=O)[O-])c2C)c1OC. The third-order valence-corrected chi connectivity index (χ3v) is 3.98. The van der Waals surface area contributed by atoms with Crippen LogP contribution in [0.5, 0.6) is 11.5 Å². The zero-order valence-corrected chi connectivity index (χ0v) is 16.1. The summed E-state index contributed by atoms with van der Waals surface area (Å²) in [5.74, 6) is -0.191. The lowest BCUT2D eigenvalue weighted by Crippen LogP contribution is -2.35. The summed E-state index contributed by atoms with van der Waals surface area (Å²) in [6.45, 7) is 1.12. The fourth-order valence-electron chi connectivity index (χ4n) is 2.55. The van der Waals surface area contributed by atoms with Gasteiger partial charge in [-0.2, -0.15) is 5.10 Å². The lowest BCUT2D eigenvalue weighted by molar-refractivity contribution is -0.385. The summed E-state index contributed by atoms with van der Waals surface area (Å²) in [5, 5.41) is 17.2.